The van der Waals surface area contributed by atoms with Crippen LogP contribution in [0.3, 0.4) is 0 Å². The first-order chi connectivity index (χ1) is 26.7. The highest BCUT2D eigenvalue weighted by Crippen LogP contribution is 2.55. The van der Waals surface area contributed by atoms with E-state index >= 15 is 0 Å². The Labute approximate surface area is 314 Å². The van der Waals surface area contributed by atoms with Crippen LogP contribution in [0, 0.1) is 0 Å². The number of carbonyl (C=O) groups excluding carboxylic acids is 3. The number of phenolic OH excluding ortho intramolecular Hbond substituents is 11. The minimum Gasteiger partial charge on any atom is -0.504 e. The van der Waals surface area contributed by atoms with Gasteiger partial charge in [-0.15, -0.1) is 0 Å². The lowest BCUT2D eigenvalue weighted by molar-refractivity contribution is -0.284. The van der Waals surface area contributed by atoms with Gasteiger partial charge < -0.3 is 95.2 Å². The van der Waals surface area contributed by atoms with E-state index in [0.717, 1.165) is 0 Å². The molecule has 5 atom stereocenters. The lowest BCUT2D eigenvalue weighted by Crippen LogP contribution is -2.61. The van der Waals surface area contributed by atoms with Crippen molar-refractivity contribution < 1.29 is 114 Å². The number of aromatic hydroxyl groups is 11. The van der Waals surface area contributed by atoms with Crippen molar-refractivity contribution in [3.8, 4) is 85.9 Å². The van der Waals surface area contributed by atoms with E-state index in [-0.39, 0.29) is 0 Å². The second-order valence-corrected chi connectivity index (χ2v) is 12.1. The zero-order chi connectivity index (χ0) is 41.9. The second kappa shape index (κ2) is 14.1. The molecule has 1 fully saturated rings. The molecular weight excluding hydrogens is 776 g/mol. The van der Waals surface area contributed by atoms with Gasteiger partial charge in [-0.25, -0.2) is 19.2 Å². The molecule has 0 amide bonds. The van der Waals surface area contributed by atoms with Crippen LogP contribution in [-0.4, -0.2) is 133 Å². The van der Waals surface area contributed by atoms with Gasteiger partial charge in [0.05, 0.1) is 16.7 Å². The number of rotatable bonds is 5. The van der Waals surface area contributed by atoms with Crippen molar-refractivity contribution in [2.24, 2.45) is 0 Å². The Hall–Kier alpha value is -7.76. The SMILES string of the molecule is O=C(O[C@@H]1O[C@@H]2COC(=O)c3cc(Oc4c(C(=O)O)cc(O)c(O)c4O)c(O)c(O)c3-c3c(cc(O)c(O)c3O)C(=O)O[C@H]2[C@H](O)[C@H]1O)c1cc(O)c(O)c(O)c1. The number of carboxylic acids is 1. The van der Waals surface area contributed by atoms with Gasteiger partial charge in [0.25, 0.3) is 0 Å². The molecule has 14 N–H and O–H groups in total. The van der Waals surface area contributed by atoms with Crippen LogP contribution in [0.4, 0.5) is 0 Å². The number of ether oxygens (including phenoxy) is 5. The summed E-state index contributed by atoms with van der Waals surface area (Å²) in [5.74, 6) is -22.5. The molecule has 4 aromatic carbocycles. The highest BCUT2D eigenvalue weighted by Gasteiger charge is 2.50. The fraction of sp³-hybridized carbons (Fsp3) is 0.176. The number of phenols is 11. The second-order valence-electron chi connectivity index (χ2n) is 12.1. The van der Waals surface area contributed by atoms with Crippen molar-refractivity contribution in [2.45, 2.75) is 30.7 Å². The summed E-state index contributed by atoms with van der Waals surface area (Å²) in [5, 5.41) is 145. The molecule has 23 nitrogen and oxygen atoms in total. The highest BCUT2D eigenvalue weighted by molar-refractivity contribution is 6.08. The Morgan fingerprint density at radius 3 is 1.79 bits per heavy atom. The summed E-state index contributed by atoms with van der Waals surface area (Å²) in [5.41, 5.74) is -5.80. The molecule has 2 aliphatic heterocycles. The lowest BCUT2D eigenvalue weighted by atomic mass is 9.91. The van der Waals surface area contributed by atoms with E-state index < -0.39 is 169 Å². The smallest absolute Gasteiger partial charge is 0.340 e. The topological polar surface area (TPSA) is 398 Å². The van der Waals surface area contributed by atoms with Crippen LogP contribution >= 0.6 is 0 Å². The summed E-state index contributed by atoms with van der Waals surface area (Å²) < 4.78 is 26.4. The average molecular weight is 803 g/mol. The molecule has 0 radical (unpaired) electrons. The van der Waals surface area contributed by atoms with Gasteiger partial charge >= 0.3 is 23.9 Å². The predicted molar refractivity (Wildman–Crippen MR) is 176 cm³/mol. The van der Waals surface area contributed by atoms with Gasteiger partial charge in [-0.2, -0.15) is 0 Å². The molecule has 0 aromatic heterocycles. The molecule has 6 rings (SSSR count). The van der Waals surface area contributed by atoms with Gasteiger partial charge in [0.2, 0.25) is 29.3 Å². The molecule has 0 unspecified atom stereocenters. The van der Waals surface area contributed by atoms with Crippen LogP contribution in [0.15, 0.2) is 30.3 Å². The molecule has 0 saturated carbocycles. The van der Waals surface area contributed by atoms with Gasteiger partial charge in [-0.1, -0.05) is 0 Å². The number of aliphatic hydroxyl groups is 2. The third kappa shape index (κ3) is 6.58. The molecule has 0 aliphatic carbocycles. The molecule has 1 saturated heterocycles. The van der Waals surface area contributed by atoms with Gasteiger partial charge in [0.15, 0.2) is 57.8 Å². The zero-order valence-corrected chi connectivity index (χ0v) is 27.9. The Bertz CT molecular complexity index is 2360. The third-order valence-corrected chi connectivity index (χ3v) is 8.62. The molecule has 0 spiro atoms. The quantitative estimate of drug-likeness (QED) is 0.0746. The number of carbonyl (C=O) groups is 4. The van der Waals surface area contributed by atoms with E-state index in [1.807, 2.05) is 0 Å². The van der Waals surface area contributed by atoms with Crippen LogP contribution in [0.2, 0.25) is 0 Å². The Kier molecular flexibility index (Phi) is 9.67. The zero-order valence-electron chi connectivity index (χ0n) is 27.9. The van der Waals surface area contributed by atoms with Crippen LogP contribution in [0.5, 0.6) is 74.7 Å². The van der Waals surface area contributed by atoms with Gasteiger partial charge in [-0.05, 0) is 18.2 Å². The lowest BCUT2D eigenvalue weighted by Gasteiger charge is -2.41. The van der Waals surface area contributed by atoms with E-state index in [0.29, 0.717) is 30.3 Å². The highest BCUT2D eigenvalue weighted by atomic mass is 16.7. The number of fused-ring (bicyclic) bond motifs is 4. The molecule has 23 heteroatoms. The largest absolute Gasteiger partial charge is 0.504 e. The minimum absolute atomic E-state index is 0.423. The molecular formula is C34H26O23. The van der Waals surface area contributed by atoms with E-state index in [9.17, 15) is 90.7 Å². The fourth-order valence-electron chi connectivity index (χ4n) is 5.78. The van der Waals surface area contributed by atoms with Gasteiger partial charge in [0.1, 0.15) is 30.5 Å². The normalized spacial score (nSPS) is 20.4. The minimum atomic E-state index is -2.29. The number of esters is 3. The summed E-state index contributed by atoms with van der Waals surface area (Å²) in [4.78, 5) is 52.3. The summed E-state index contributed by atoms with van der Waals surface area (Å²) in [7, 11) is 0. The summed E-state index contributed by atoms with van der Waals surface area (Å²) in [6, 6.07) is 2.67. The maximum Gasteiger partial charge on any atom is 0.340 e. The number of carboxylic acid groups (broad SMARTS) is 1. The van der Waals surface area contributed by atoms with Gasteiger partial charge in [0, 0.05) is 23.3 Å². The van der Waals surface area contributed by atoms with Gasteiger partial charge in [-0.3, -0.25) is 0 Å². The molecule has 0 bridgehead atoms. The Morgan fingerprint density at radius 2 is 1.18 bits per heavy atom. The maximum atomic E-state index is 13.8. The van der Waals surface area contributed by atoms with E-state index in [1.54, 1.807) is 0 Å². The Balaban J connectivity index is 1.47. The number of hydrogen-bond acceptors (Lipinski definition) is 22. The maximum absolute atomic E-state index is 13.8. The summed E-state index contributed by atoms with van der Waals surface area (Å²) >= 11 is 0. The van der Waals surface area contributed by atoms with Crippen molar-refractivity contribution in [3.05, 3.63) is 52.6 Å². The Morgan fingerprint density at radius 1 is 0.632 bits per heavy atom. The molecule has 2 aliphatic rings. The van der Waals surface area contributed by atoms with Crippen LogP contribution < -0.4 is 4.74 Å². The van der Waals surface area contributed by atoms with Crippen LogP contribution in [0.25, 0.3) is 11.1 Å². The van der Waals surface area contributed by atoms with E-state index in [1.165, 1.54) is 0 Å². The number of aliphatic hydroxyl groups excluding tert-OH is 2. The standard InChI is InChI=1S/C34H26O23/c35-11-1-7(2-12(36)19(11)39)31(50)57-34-27(47)26(46)29-16(55-34)6-53-32(51)9-5-15(54-28-10(30(48)49)4-14(38)21(41)25(28)45)22(42)24(44)18(9)17-8(33(52)56-29)3-13(37)20(40)23(17)43/h1-5,16,26-27,29,34-47H,6H2,(H,48,49)/t16-,26-,27-,29-,34+/m1/s1. The third-order valence-electron chi connectivity index (χ3n) is 8.62. The first-order valence-electron chi connectivity index (χ1n) is 15.6. The molecule has 4 aromatic rings. The molecule has 300 valence electrons. The number of cyclic esters (lactones) is 1. The fourth-order valence-corrected chi connectivity index (χ4v) is 5.78. The number of aromatic carboxylic acids is 1. The number of benzene rings is 4. The van der Waals surface area contributed by atoms with Crippen LogP contribution in [-0.2, 0) is 18.9 Å². The van der Waals surface area contributed by atoms with Crippen molar-refractivity contribution in [3.63, 3.8) is 0 Å². The first kappa shape index (κ1) is 38.9. The summed E-state index contributed by atoms with van der Waals surface area (Å²) in [6.45, 7) is -1.11. The van der Waals surface area contributed by atoms with E-state index in [2.05, 4.69) is 0 Å². The van der Waals surface area contributed by atoms with Crippen molar-refractivity contribution >= 4 is 23.9 Å². The van der Waals surface area contributed by atoms with Crippen molar-refractivity contribution in [2.75, 3.05) is 6.61 Å². The first-order valence-corrected chi connectivity index (χ1v) is 15.6. The van der Waals surface area contributed by atoms with E-state index in [4.69, 9.17) is 23.7 Å². The number of hydrogen-bond donors (Lipinski definition) is 14. The van der Waals surface area contributed by atoms with Crippen LogP contribution in [0.1, 0.15) is 41.4 Å². The van der Waals surface area contributed by atoms with Crippen molar-refractivity contribution in [1.82, 2.24) is 0 Å². The molecule has 2 heterocycles. The monoisotopic (exact) mass is 802 g/mol. The molecule has 57 heavy (non-hydrogen) atoms. The van der Waals surface area contributed by atoms with Crippen molar-refractivity contribution in [1.29, 1.82) is 0 Å². The predicted octanol–water partition coefficient (Wildman–Crippen LogP) is 0.605. The average Bonchev–Trinajstić information content (AvgIpc) is 3.17. The summed E-state index contributed by atoms with van der Waals surface area (Å²) in [6.07, 6.45) is -10.8.